The van der Waals surface area contributed by atoms with E-state index in [0.717, 1.165) is 38.9 Å². The van der Waals surface area contributed by atoms with Crippen molar-refractivity contribution >= 4 is 5.69 Å². The van der Waals surface area contributed by atoms with Gasteiger partial charge >= 0.3 is 0 Å². The van der Waals surface area contributed by atoms with Crippen LogP contribution in [0.5, 0.6) is 0 Å². The van der Waals surface area contributed by atoms with Gasteiger partial charge in [-0.3, -0.25) is 0 Å². The van der Waals surface area contributed by atoms with Gasteiger partial charge in [0.2, 0.25) is 0 Å². The normalized spacial score (nSPS) is 11.1. The number of rotatable bonds is 9. The molecule has 0 aliphatic carbocycles. The molecule has 0 heterocycles. The number of hydrogen-bond acceptors (Lipinski definition) is 3. The zero-order valence-electron chi connectivity index (χ0n) is 13.0. The van der Waals surface area contributed by atoms with Crippen LogP contribution in [0.2, 0.25) is 0 Å². The van der Waals surface area contributed by atoms with Crippen LogP contribution in [-0.2, 0) is 0 Å². The molecule has 110 valence electrons. The van der Waals surface area contributed by atoms with Gasteiger partial charge < -0.3 is 10.2 Å². The lowest BCUT2D eigenvalue weighted by atomic mass is 9.90. The zero-order valence-corrected chi connectivity index (χ0v) is 13.0. The van der Waals surface area contributed by atoms with Gasteiger partial charge in [-0.15, -0.1) is 0 Å². The Labute approximate surface area is 123 Å². The number of para-hydroxylation sites is 1. The van der Waals surface area contributed by atoms with E-state index in [1.165, 1.54) is 5.69 Å². The molecule has 1 rings (SSSR count). The molecule has 0 bridgehead atoms. The highest BCUT2D eigenvalue weighted by Gasteiger charge is 2.15. The first-order valence-corrected chi connectivity index (χ1v) is 7.43. The topological polar surface area (TPSA) is 39.1 Å². The molecule has 1 N–H and O–H groups in total. The van der Waals surface area contributed by atoms with Crippen molar-refractivity contribution in [1.29, 1.82) is 5.26 Å². The number of hydrogen-bond donors (Lipinski definition) is 1. The van der Waals surface area contributed by atoms with Crippen LogP contribution in [0, 0.1) is 16.7 Å². The Morgan fingerprint density at radius 2 is 1.80 bits per heavy atom. The minimum atomic E-state index is -0.185. The summed E-state index contributed by atoms with van der Waals surface area (Å²) in [5, 5.41) is 12.4. The summed E-state index contributed by atoms with van der Waals surface area (Å²) in [6.45, 7) is 7.09. The SMILES string of the molecule is CN(CCCNCCCC(C)(C)C#N)c1ccccc1. The molecule has 0 aromatic heterocycles. The molecular formula is C17H27N3. The number of anilines is 1. The predicted molar refractivity (Wildman–Crippen MR) is 85.8 cm³/mol. The minimum absolute atomic E-state index is 0.185. The molecule has 0 saturated carbocycles. The molecule has 0 radical (unpaired) electrons. The number of nitriles is 1. The standard InChI is InChI=1S/C17H27N3/c1-17(2,15-18)11-7-12-19-13-8-14-20(3)16-9-5-4-6-10-16/h4-6,9-10,19H,7-8,11-14H2,1-3H3. The van der Waals surface area contributed by atoms with Crippen molar-refractivity contribution in [1.82, 2.24) is 5.32 Å². The maximum atomic E-state index is 8.93. The molecule has 3 heteroatoms. The summed E-state index contributed by atoms with van der Waals surface area (Å²) in [5.41, 5.74) is 1.08. The number of nitrogens with zero attached hydrogens (tertiary/aromatic N) is 2. The van der Waals surface area contributed by atoms with Crippen molar-refractivity contribution in [3.63, 3.8) is 0 Å². The Bertz CT molecular complexity index is 406. The summed E-state index contributed by atoms with van der Waals surface area (Å²) >= 11 is 0. The van der Waals surface area contributed by atoms with E-state index in [1.54, 1.807) is 0 Å². The fraction of sp³-hybridized carbons (Fsp3) is 0.588. The molecule has 1 aromatic rings. The van der Waals surface area contributed by atoms with Crippen molar-refractivity contribution in [2.75, 3.05) is 31.6 Å². The third-order valence-corrected chi connectivity index (χ3v) is 3.50. The van der Waals surface area contributed by atoms with Gasteiger partial charge in [0.15, 0.2) is 0 Å². The fourth-order valence-corrected chi connectivity index (χ4v) is 2.09. The summed E-state index contributed by atoms with van der Waals surface area (Å²) in [4.78, 5) is 2.28. The number of benzene rings is 1. The Balaban J connectivity index is 2.04. The van der Waals surface area contributed by atoms with Gasteiger partial charge in [-0.25, -0.2) is 0 Å². The largest absolute Gasteiger partial charge is 0.375 e. The van der Waals surface area contributed by atoms with Crippen LogP contribution < -0.4 is 10.2 Å². The Morgan fingerprint density at radius 1 is 1.15 bits per heavy atom. The second kappa shape index (κ2) is 8.60. The Morgan fingerprint density at radius 3 is 2.45 bits per heavy atom. The van der Waals surface area contributed by atoms with E-state index in [-0.39, 0.29) is 5.41 Å². The van der Waals surface area contributed by atoms with Crippen molar-refractivity contribution in [2.45, 2.75) is 33.1 Å². The molecule has 3 nitrogen and oxygen atoms in total. The maximum absolute atomic E-state index is 8.93. The van der Waals surface area contributed by atoms with Gasteiger partial charge in [-0.2, -0.15) is 5.26 Å². The van der Waals surface area contributed by atoms with Crippen LogP contribution in [0.3, 0.4) is 0 Å². The van der Waals surface area contributed by atoms with Crippen LogP contribution in [0.1, 0.15) is 33.1 Å². The zero-order chi connectivity index (χ0) is 14.8. The van der Waals surface area contributed by atoms with E-state index in [2.05, 4.69) is 47.6 Å². The van der Waals surface area contributed by atoms with E-state index < -0.39 is 0 Å². The molecule has 1 aromatic carbocycles. The van der Waals surface area contributed by atoms with E-state index in [4.69, 9.17) is 5.26 Å². The highest BCUT2D eigenvalue weighted by atomic mass is 15.1. The summed E-state index contributed by atoms with van der Waals surface area (Å²) in [6.07, 6.45) is 3.16. The third-order valence-electron chi connectivity index (χ3n) is 3.50. The molecular weight excluding hydrogens is 246 g/mol. The van der Waals surface area contributed by atoms with Gasteiger partial charge in [0, 0.05) is 19.3 Å². The van der Waals surface area contributed by atoms with Gasteiger partial charge in [0.1, 0.15) is 0 Å². The number of nitrogens with one attached hydrogen (secondary N) is 1. The van der Waals surface area contributed by atoms with Crippen LogP contribution >= 0.6 is 0 Å². The molecule has 0 aliphatic rings. The fourth-order valence-electron chi connectivity index (χ4n) is 2.09. The van der Waals surface area contributed by atoms with Gasteiger partial charge in [-0.05, 0) is 58.3 Å². The molecule has 0 unspecified atom stereocenters. The summed E-state index contributed by atoms with van der Waals surface area (Å²) in [7, 11) is 2.13. The molecule has 0 amide bonds. The van der Waals surface area contributed by atoms with Crippen LogP contribution in [0.4, 0.5) is 5.69 Å². The molecule has 20 heavy (non-hydrogen) atoms. The average molecular weight is 273 g/mol. The molecule has 0 atom stereocenters. The smallest absolute Gasteiger partial charge is 0.0683 e. The Kier molecular flexibility index (Phi) is 7.11. The van der Waals surface area contributed by atoms with Crippen molar-refractivity contribution < 1.29 is 0 Å². The third kappa shape index (κ3) is 6.58. The van der Waals surface area contributed by atoms with Gasteiger partial charge in [0.05, 0.1) is 11.5 Å². The first kappa shape index (κ1) is 16.5. The monoisotopic (exact) mass is 273 g/mol. The van der Waals surface area contributed by atoms with E-state index in [0.29, 0.717) is 0 Å². The van der Waals surface area contributed by atoms with Crippen molar-refractivity contribution in [3.05, 3.63) is 30.3 Å². The predicted octanol–water partition coefficient (Wildman–Crippen LogP) is 3.43. The second-order valence-corrected chi connectivity index (χ2v) is 5.96. The van der Waals surface area contributed by atoms with E-state index in [1.807, 2.05) is 19.9 Å². The first-order valence-electron chi connectivity index (χ1n) is 7.43. The lowest BCUT2D eigenvalue weighted by Gasteiger charge is -2.19. The Hall–Kier alpha value is -1.53. The van der Waals surface area contributed by atoms with Crippen molar-refractivity contribution in [2.24, 2.45) is 5.41 Å². The van der Waals surface area contributed by atoms with Crippen LogP contribution in [-0.4, -0.2) is 26.7 Å². The summed E-state index contributed by atoms with van der Waals surface area (Å²) in [5.74, 6) is 0. The highest BCUT2D eigenvalue weighted by Crippen LogP contribution is 2.19. The molecule has 0 fully saturated rings. The maximum Gasteiger partial charge on any atom is 0.0683 e. The lowest BCUT2D eigenvalue weighted by molar-refractivity contribution is 0.425. The molecule has 0 saturated heterocycles. The summed E-state index contributed by atoms with van der Waals surface area (Å²) < 4.78 is 0. The highest BCUT2D eigenvalue weighted by molar-refractivity contribution is 5.44. The summed E-state index contributed by atoms with van der Waals surface area (Å²) in [6, 6.07) is 12.8. The van der Waals surface area contributed by atoms with E-state index in [9.17, 15) is 0 Å². The average Bonchev–Trinajstić information content (AvgIpc) is 2.47. The van der Waals surface area contributed by atoms with Crippen LogP contribution in [0.15, 0.2) is 30.3 Å². The van der Waals surface area contributed by atoms with Crippen molar-refractivity contribution in [3.8, 4) is 6.07 Å². The molecule has 0 aliphatic heterocycles. The molecule has 0 spiro atoms. The second-order valence-electron chi connectivity index (χ2n) is 5.96. The first-order chi connectivity index (χ1) is 9.55. The quantitative estimate of drug-likeness (QED) is 0.701. The van der Waals surface area contributed by atoms with Gasteiger partial charge in [-0.1, -0.05) is 18.2 Å². The van der Waals surface area contributed by atoms with Crippen LogP contribution in [0.25, 0.3) is 0 Å². The minimum Gasteiger partial charge on any atom is -0.375 e. The van der Waals surface area contributed by atoms with E-state index >= 15 is 0 Å². The lowest BCUT2D eigenvalue weighted by Crippen LogP contribution is -2.24. The van der Waals surface area contributed by atoms with Gasteiger partial charge in [0.25, 0.3) is 0 Å².